The molecule has 0 atom stereocenters. The van der Waals surface area contributed by atoms with Crippen LogP contribution < -0.4 is 4.31 Å². The van der Waals surface area contributed by atoms with Gasteiger partial charge < -0.3 is 0 Å². The van der Waals surface area contributed by atoms with E-state index in [1.807, 2.05) is 6.92 Å². The van der Waals surface area contributed by atoms with Crippen LogP contribution in [-0.4, -0.2) is 30.7 Å². The van der Waals surface area contributed by atoms with E-state index in [-0.39, 0.29) is 28.4 Å². The zero-order valence-electron chi connectivity index (χ0n) is 15.8. The van der Waals surface area contributed by atoms with Crippen molar-refractivity contribution in [2.75, 3.05) is 10.8 Å². The van der Waals surface area contributed by atoms with Crippen LogP contribution in [0.5, 0.6) is 0 Å². The Hall–Kier alpha value is -2.77. The lowest BCUT2D eigenvalue weighted by Crippen LogP contribution is -2.33. The Balaban J connectivity index is 2.15. The van der Waals surface area contributed by atoms with Crippen molar-refractivity contribution >= 4 is 33.1 Å². The number of carbonyl (C=O) groups excluding carboxylic acids is 1. The molecule has 0 bridgehead atoms. The smallest absolute Gasteiger partial charge is 0.264 e. The predicted molar refractivity (Wildman–Crippen MR) is 113 cm³/mol. The van der Waals surface area contributed by atoms with Crippen molar-refractivity contribution in [1.82, 2.24) is 9.97 Å². The van der Waals surface area contributed by atoms with Gasteiger partial charge in [-0.3, -0.25) is 14.1 Å². The van der Waals surface area contributed by atoms with Crippen LogP contribution in [0.25, 0.3) is 0 Å². The second-order valence-corrected chi connectivity index (χ2v) is 8.62. The summed E-state index contributed by atoms with van der Waals surface area (Å²) >= 11 is 6.13. The van der Waals surface area contributed by atoms with Gasteiger partial charge in [-0.05, 0) is 36.8 Å². The number of benzene rings is 2. The number of carbonyl (C=O) groups is 1. The summed E-state index contributed by atoms with van der Waals surface area (Å²) in [6.07, 6.45) is 5.64. The SMILES string of the molecule is CCCCN(c1ccc(Cl)cc1C(=O)c1cnccn1)S(=O)(=O)c1ccccc1. The molecule has 0 spiro atoms. The van der Waals surface area contributed by atoms with E-state index in [1.54, 1.807) is 30.3 Å². The third-order valence-electron chi connectivity index (χ3n) is 4.31. The van der Waals surface area contributed by atoms with Gasteiger partial charge in [0.05, 0.1) is 22.3 Å². The van der Waals surface area contributed by atoms with Gasteiger partial charge in [-0.2, -0.15) is 0 Å². The molecule has 8 heteroatoms. The molecule has 6 nitrogen and oxygen atoms in total. The maximum Gasteiger partial charge on any atom is 0.264 e. The fourth-order valence-corrected chi connectivity index (χ4v) is 4.57. The van der Waals surface area contributed by atoms with Crippen molar-refractivity contribution in [3.8, 4) is 0 Å². The maximum atomic E-state index is 13.4. The molecular formula is C21H20ClN3O3S. The standard InChI is InChI=1S/C21H20ClN3O3S/c1-2-3-13-25(29(27,28)17-7-5-4-6-8-17)20-10-9-16(22)14-18(20)21(26)19-15-23-11-12-24-19/h4-12,14-15H,2-3,13H2,1H3. The second kappa shape index (κ2) is 9.15. The Kier molecular flexibility index (Phi) is 6.61. The average molecular weight is 430 g/mol. The molecule has 3 rings (SSSR count). The first-order valence-electron chi connectivity index (χ1n) is 9.13. The first kappa shape index (κ1) is 21.0. The fraction of sp³-hybridized carbons (Fsp3) is 0.190. The summed E-state index contributed by atoms with van der Waals surface area (Å²) < 4.78 is 28.0. The van der Waals surface area contributed by atoms with E-state index in [4.69, 9.17) is 11.6 Å². The number of hydrogen-bond donors (Lipinski definition) is 0. The Morgan fingerprint density at radius 1 is 1.10 bits per heavy atom. The molecule has 0 radical (unpaired) electrons. The second-order valence-electron chi connectivity index (χ2n) is 6.33. The van der Waals surface area contributed by atoms with E-state index in [0.717, 1.165) is 6.42 Å². The lowest BCUT2D eigenvalue weighted by molar-refractivity contribution is 0.103. The quantitative estimate of drug-likeness (QED) is 0.497. The average Bonchev–Trinajstić information content (AvgIpc) is 2.75. The zero-order valence-corrected chi connectivity index (χ0v) is 17.4. The highest BCUT2D eigenvalue weighted by Crippen LogP contribution is 2.31. The first-order chi connectivity index (χ1) is 13.9. The molecule has 1 heterocycles. The Morgan fingerprint density at radius 2 is 1.86 bits per heavy atom. The van der Waals surface area contributed by atoms with Crippen LogP contribution in [0.15, 0.2) is 72.0 Å². The molecule has 0 amide bonds. The number of anilines is 1. The maximum absolute atomic E-state index is 13.4. The first-order valence-corrected chi connectivity index (χ1v) is 10.9. The van der Waals surface area contributed by atoms with Crippen LogP contribution in [0.1, 0.15) is 35.8 Å². The van der Waals surface area contributed by atoms with E-state index >= 15 is 0 Å². The van der Waals surface area contributed by atoms with Crippen LogP contribution >= 0.6 is 11.6 Å². The number of sulfonamides is 1. The summed E-state index contributed by atoms with van der Waals surface area (Å²) in [5, 5.41) is 0.327. The third-order valence-corrected chi connectivity index (χ3v) is 6.38. The molecule has 0 fully saturated rings. The fourth-order valence-electron chi connectivity index (χ4n) is 2.85. The number of rotatable bonds is 8. The number of unbranched alkanes of at least 4 members (excludes halogenated alkanes) is 1. The van der Waals surface area contributed by atoms with Gasteiger partial charge in [-0.1, -0.05) is 43.1 Å². The Labute approximate surface area is 175 Å². The summed E-state index contributed by atoms with van der Waals surface area (Å²) in [4.78, 5) is 21.2. The number of halogens is 1. The molecular weight excluding hydrogens is 410 g/mol. The van der Waals surface area contributed by atoms with E-state index in [1.165, 1.54) is 41.1 Å². The molecule has 0 saturated carbocycles. The zero-order chi connectivity index (χ0) is 20.9. The molecule has 2 aromatic carbocycles. The summed E-state index contributed by atoms with van der Waals surface area (Å²) in [5.41, 5.74) is 0.541. The van der Waals surface area contributed by atoms with E-state index in [2.05, 4.69) is 9.97 Å². The molecule has 0 unspecified atom stereocenters. The molecule has 0 N–H and O–H groups in total. The van der Waals surface area contributed by atoms with Crippen molar-refractivity contribution in [2.24, 2.45) is 0 Å². The normalized spacial score (nSPS) is 11.2. The van der Waals surface area contributed by atoms with E-state index in [0.29, 0.717) is 11.4 Å². The lowest BCUT2D eigenvalue weighted by Gasteiger charge is -2.26. The molecule has 0 saturated heterocycles. The predicted octanol–water partition coefficient (Wildman–Crippen LogP) is 4.36. The summed E-state index contributed by atoms with van der Waals surface area (Å²) in [5.74, 6) is -0.444. The van der Waals surface area contributed by atoms with Crippen molar-refractivity contribution in [3.05, 3.63) is 83.4 Å². The Bertz CT molecular complexity index is 1090. The molecule has 1 aromatic heterocycles. The molecule has 0 aliphatic heterocycles. The van der Waals surface area contributed by atoms with Crippen molar-refractivity contribution in [3.63, 3.8) is 0 Å². The van der Waals surface area contributed by atoms with Crippen LogP contribution in [0.3, 0.4) is 0 Å². The summed E-state index contributed by atoms with van der Waals surface area (Å²) in [6.45, 7) is 2.21. The van der Waals surface area contributed by atoms with Gasteiger partial charge in [0.2, 0.25) is 5.78 Å². The van der Waals surface area contributed by atoms with Crippen molar-refractivity contribution in [2.45, 2.75) is 24.7 Å². The molecule has 150 valence electrons. The van der Waals surface area contributed by atoms with Gasteiger partial charge >= 0.3 is 0 Å². The number of hydrogen-bond acceptors (Lipinski definition) is 5. The van der Waals surface area contributed by atoms with Gasteiger partial charge in [0.1, 0.15) is 5.69 Å². The monoisotopic (exact) mass is 429 g/mol. The van der Waals surface area contributed by atoms with Crippen molar-refractivity contribution in [1.29, 1.82) is 0 Å². The molecule has 3 aromatic rings. The van der Waals surface area contributed by atoms with Crippen LogP contribution in [0.4, 0.5) is 5.69 Å². The molecule has 29 heavy (non-hydrogen) atoms. The minimum atomic E-state index is -3.88. The summed E-state index contributed by atoms with van der Waals surface area (Å²) in [6, 6.07) is 12.7. The van der Waals surface area contributed by atoms with Crippen molar-refractivity contribution < 1.29 is 13.2 Å². The van der Waals surface area contributed by atoms with Gasteiger partial charge in [0.25, 0.3) is 10.0 Å². The number of nitrogens with zero attached hydrogens (tertiary/aromatic N) is 3. The highest BCUT2D eigenvalue weighted by molar-refractivity contribution is 7.92. The topological polar surface area (TPSA) is 80.2 Å². The number of ketones is 1. The third kappa shape index (κ3) is 4.63. The van der Waals surface area contributed by atoms with E-state index < -0.39 is 15.8 Å². The minimum absolute atomic E-state index is 0.114. The highest BCUT2D eigenvalue weighted by atomic mass is 35.5. The van der Waals surface area contributed by atoms with Gasteiger partial charge in [-0.25, -0.2) is 13.4 Å². The largest absolute Gasteiger partial charge is 0.287 e. The minimum Gasteiger partial charge on any atom is -0.287 e. The van der Waals surface area contributed by atoms with Crippen LogP contribution in [-0.2, 0) is 10.0 Å². The van der Waals surface area contributed by atoms with E-state index in [9.17, 15) is 13.2 Å². The molecule has 0 aliphatic rings. The summed E-state index contributed by atoms with van der Waals surface area (Å²) in [7, 11) is -3.88. The van der Waals surface area contributed by atoms with Gasteiger partial charge in [-0.15, -0.1) is 0 Å². The Morgan fingerprint density at radius 3 is 2.52 bits per heavy atom. The number of aromatic nitrogens is 2. The lowest BCUT2D eigenvalue weighted by atomic mass is 10.1. The van der Waals surface area contributed by atoms with Gasteiger partial charge in [0, 0.05) is 24.0 Å². The molecule has 0 aliphatic carbocycles. The highest BCUT2D eigenvalue weighted by Gasteiger charge is 2.28. The van der Waals surface area contributed by atoms with Crippen LogP contribution in [0, 0.1) is 0 Å². The van der Waals surface area contributed by atoms with Gasteiger partial charge in [0.15, 0.2) is 0 Å². The van der Waals surface area contributed by atoms with Crippen LogP contribution in [0.2, 0.25) is 5.02 Å².